The summed E-state index contributed by atoms with van der Waals surface area (Å²) in [5.74, 6) is 0.0209. The van der Waals surface area contributed by atoms with Crippen LogP contribution < -0.4 is 5.32 Å². The molecule has 1 fully saturated rings. The smallest absolute Gasteiger partial charge is 0.252 e. The maximum absolute atomic E-state index is 12.2. The molecule has 0 unspecified atom stereocenters. The van der Waals surface area contributed by atoms with Crippen molar-refractivity contribution >= 4 is 5.91 Å². The first-order chi connectivity index (χ1) is 8.52. The van der Waals surface area contributed by atoms with E-state index in [9.17, 15) is 9.90 Å². The van der Waals surface area contributed by atoms with Crippen LogP contribution in [0.15, 0.2) is 18.2 Å². The number of hydrogen-bond donors (Lipinski definition) is 2. The lowest BCUT2D eigenvalue weighted by atomic mass is 9.92. The van der Waals surface area contributed by atoms with Gasteiger partial charge in [-0.3, -0.25) is 4.79 Å². The Bertz CT molecular complexity index is 450. The van der Waals surface area contributed by atoms with E-state index in [-0.39, 0.29) is 17.2 Å². The number of hydrogen-bond acceptors (Lipinski definition) is 3. The van der Waals surface area contributed by atoms with Gasteiger partial charge >= 0.3 is 0 Å². The second-order valence-corrected chi connectivity index (χ2v) is 5.08. The highest BCUT2D eigenvalue weighted by Gasteiger charge is 2.29. The van der Waals surface area contributed by atoms with Gasteiger partial charge in [0.25, 0.3) is 5.91 Å². The van der Waals surface area contributed by atoms with Crippen LogP contribution in [0, 0.1) is 6.92 Å². The normalized spacial score (nSPS) is 18.3. The highest BCUT2D eigenvalue weighted by atomic mass is 16.5. The predicted octanol–water partition coefficient (Wildman–Crippen LogP) is 2.00. The van der Waals surface area contributed by atoms with E-state index < -0.39 is 0 Å². The molecule has 4 heteroatoms. The summed E-state index contributed by atoms with van der Waals surface area (Å²) >= 11 is 0. The fraction of sp³-hybridized carbons (Fsp3) is 0.500. The van der Waals surface area contributed by atoms with Crippen molar-refractivity contribution < 1.29 is 14.6 Å². The number of ether oxygens (including phenoxy) is 1. The third-order valence-electron chi connectivity index (χ3n) is 3.56. The molecule has 0 radical (unpaired) electrons. The maximum atomic E-state index is 12.2. The Hall–Kier alpha value is -1.55. The molecular formula is C14H19NO3. The van der Waals surface area contributed by atoms with E-state index >= 15 is 0 Å². The summed E-state index contributed by atoms with van der Waals surface area (Å²) in [4.78, 5) is 12.2. The van der Waals surface area contributed by atoms with Crippen molar-refractivity contribution in [3.05, 3.63) is 29.3 Å². The zero-order chi connectivity index (χ0) is 13.2. The Labute approximate surface area is 107 Å². The Morgan fingerprint density at radius 2 is 2.06 bits per heavy atom. The number of phenolic OH excluding ortho intramolecular Hbond substituents is 1. The molecule has 1 amide bonds. The van der Waals surface area contributed by atoms with E-state index in [1.165, 1.54) is 0 Å². The van der Waals surface area contributed by atoms with E-state index in [1.807, 2.05) is 6.92 Å². The van der Waals surface area contributed by atoms with Crippen LogP contribution in [0.1, 0.15) is 35.7 Å². The van der Waals surface area contributed by atoms with Crippen molar-refractivity contribution in [2.24, 2.45) is 0 Å². The first-order valence-corrected chi connectivity index (χ1v) is 6.21. The Balaban J connectivity index is 2.14. The predicted molar refractivity (Wildman–Crippen MR) is 68.8 cm³/mol. The number of aromatic hydroxyl groups is 1. The first kappa shape index (κ1) is 12.9. The van der Waals surface area contributed by atoms with Crippen LogP contribution in [0.5, 0.6) is 5.75 Å². The van der Waals surface area contributed by atoms with Gasteiger partial charge in [-0.15, -0.1) is 0 Å². The zero-order valence-corrected chi connectivity index (χ0v) is 10.8. The summed E-state index contributed by atoms with van der Waals surface area (Å²) in [6.07, 6.45) is 1.63. The number of rotatable bonds is 2. The monoisotopic (exact) mass is 249 g/mol. The van der Waals surface area contributed by atoms with E-state index in [1.54, 1.807) is 25.1 Å². The lowest BCUT2D eigenvalue weighted by Crippen LogP contribution is -2.49. The quantitative estimate of drug-likeness (QED) is 0.842. The third kappa shape index (κ3) is 2.64. The molecule has 1 heterocycles. The van der Waals surface area contributed by atoms with E-state index in [4.69, 9.17) is 4.74 Å². The summed E-state index contributed by atoms with van der Waals surface area (Å²) in [5.41, 5.74) is 0.932. The molecule has 2 N–H and O–H groups in total. The van der Waals surface area contributed by atoms with Crippen molar-refractivity contribution in [3.63, 3.8) is 0 Å². The van der Waals surface area contributed by atoms with Gasteiger partial charge in [0, 0.05) is 29.9 Å². The molecule has 2 rings (SSSR count). The molecule has 1 aromatic carbocycles. The molecule has 1 aliphatic rings. The van der Waals surface area contributed by atoms with Crippen LogP contribution in [0.4, 0.5) is 0 Å². The van der Waals surface area contributed by atoms with Crippen LogP contribution in [0.25, 0.3) is 0 Å². The molecule has 1 saturated heterocycles. The number of phenols is 1. The number of amides is 1. The number of nitrogens with one attached hydrogen (secondary N) is 1. The lowest BCUT2D eigenvalue weighted by Gasteiger charge is -2.34. The number of benzene rings is 1. The van der Waals surface area contributed by atoms with Crippen LogP contribution in [-0.2, 0) is 4.74 Å². The minimum absolute atomic E-state index is 0.132. The maximum Gasteiger partial charge on any atom is 0.252 e. The van der Waals surface area contributed by atoms with Gasteiger partial charge in [0.1, 0.15) is 5.75 Å². The van der Waals surface area contributed by atoms with Gasteiger partial charge < -0.3 is 15.2 Å². The SMILES string of the molecule is Cc1c(O)cccc1C(=O)NC1(C)CCOCC1. The molecule has 0 bridgehead atoms. The molecule has 0 atom stereocenters. The molecule has 1 aliphatic heterocycles. The fourth-order valence-electron chi connectivity index (χ4n) is 2.16. The zero-order valence-electron chi connectivity index (χ0n) is 10.8. The van der Waals surface area contributed by atoms with Gasteiger partial charge in [-0.2, -0.15) is 0 Å². The molecule has 0 spiro atoms. The summed E-state index contributed by atoms with van der Waals surface area (Å²) in [5, 5.41) is 12.7. The van der Waals surface area contributed by atoms with Crippen LogP contribution in [0.2, 0.25) is 0 Å². The average Bonchev–Trinajstić information content (AvgIpc) is 2.33. The Morgan fingerprint density at radius 3 is 2.72 bits per heavy atom. The molecular weight excluding hydrogens is 230 g/mol. The van der Waals surface area contributed by atoms with Gasteiger partial charge in [-0.05, 0) is 38.8 Å². The van der Waals surface area contributed by atoms with Crippen molar-refractivity contribution in [2.45, 2.75) is 32.2 Å². The molecule has 4 nitrogen and oxygen atoms in total. The van der Waals surface area contributed by atoms with Crippen molar-refractivity contribution in [3.8, 4) is 5.75 Å². The molecule has 0 aromatic heterocycles. The molecule has 18 heavy (non-hydrogen) atoms. The molecule has 0 aliphatic carbocycles. The van der Waals surface area contributed by atoms with Gasteiger partial charge in [0.05, 0.1) is 0 Å². The van der Waals surface area contributed by atoms with Crippen LogP contribution in [0.3, 0.4) is 0 Å². The number of carbonyl (C=O) groups is 1. The van der Waals surface area contributed by atoms with E-state index in [0.29, 0.717) is 24.3 Å². The van der Waals surface area contributed by atoms with Crippen molar-refractivity contribution in [2.75, 3.05) is 13.2 Å². The standard InChI is InChI=1S/C14H19NO3/c1-10-11(4-3-5-12(10)16)13(17)15-14(2)6-8-18-9-7-14/h3-5,16H,6-9H2,1-2H3,(H,15,17). The van der Waals surface area contributed by atoms with Crippen molar-refractivity contribution in [1.29, 1.82) is 0 Å². The fourth-order valence-corrected chi connectivity index (χ4v) is 2.16. The Kier molecular flexibility index (Phi) is 3.57. The molecule has 1 aromatic rings. The van der Waals surface area contributed by atoms with Gasteiger partial charge in [-0.1, -0.05) is 6.07 Å². The van der Waals surface area contributed by atoms with Gasteiger partial charge in [0.2, 0.25) is 0 Å². The van der Waals surface area contributed by atoms with Gasteiger partial charge in [-0.25, -0.2) is 0 Å². The second-order valence-electron chi connectivity index (χ2n) is 5.08. The Morgan fingerprint density at radius 1 is 1.39 bits per heavy atom. The summed E-state index contributed by atoms with van der Waals surface area (Å²) in [7, 11) is 0. The largest absolute Gasteiger partial charge is 0.508 e. The summed E-state index contributed by atoms with van der Waals surface area (Å²) < 4.78 is 5.30. The van der Waals surface area contributed by atoms with Crippen LogP contribution in [-0.4, -0.2) is 29.8 Å². The van der Waals surface area contributed by atoms with E-state index in [2.05, 4.69) is 5.32 Å². The third-order valence-corrected chi connectivity index (χ3v) is 3.56. The average molecular weight is 249 g/mol. The van der Waals surface area contributed by atoms with E-state index in [0.717, 1.165) is 12.8 Å². The highest BCUT2D eigenvalue weighted by Crippen LogP contribution is 2.23. The lowest BCUT2D eigenvalue weighted by molar-refractivity contribution is 0.0422. The minimum atomic E-state index is -0.215. The minimum Gasteiger partial charge on any atom is -0.508 e. The summed E-state index contributed by atoms with van der Waals surface area (Å²) in [6.45, 7) is 5.13. The second kappa shape index (κ2) is 4.98. The van der Waals surface area contributed by atoms with Gasteiger partial charge in [0.15, 0.2) is 0 Å². The number of carbonyl (C=O) groups excluding carboxylic acids is 1. The molecule has 98 valence electrons. The van der Waals surface area contributed by atoms with Crippen LogP contribution >= 0.6 is 0 Å². The van der Waals surface area contributed by atoms with Crippen molar-refractivity contribution in [1.82, 2.24) is 5.32 Å². The highest BCUT2D eigenvalue weighted by molar-refractivity contribution is 5.96. The topological polar surface area (TPSA) is 58.6 Å². The first-order valence-electron chi connectivity index (χ1n) is 6.21. The summed E-state index contributed by atoms with van der Waals surface area (Å²) in [6, 6.07) is 5.00. The molecule has 0 saturated carbocycles.